The SMILES string of the molecule is CN(C)c1cccc(NCCC/C(N)=N/O)c1. The number of nitrogens with two attached hydrogens (primary N) is 1. The van der Waals surface area contributed by atoms with Crippen LogP contribution in [0.15, 0.2) is 29.4 Å². The molecule has 17 heavy (non-hydrogen) atoms. The standard InChI is InChI=1S/C12H20N4O/c1-16(2)11-6-3-5-10(9-11)14-8-4-7-12(13)15-17/h3,5-6,9,14,17H,4,7-8H2,1-2H3,(H2,13,15). The predicted octanol–water partition coefficient (Wildman–Crippen LogP) is 1.69. The molecule has 1 rings (SSSR count). The van der Waals surface area contributed by atoms with Gasteiger partial charge in [0.2, 0.25) is 0 Å². The number of benzene rings is 1. The summed E-state index contributed by atoms with van der Waals surface area (Å²) in [6.07, 6.45) is 1.43. The van der Waals surface area contributed by atoms with Gasteiger partial charge in [0.15, 0.2) is 0 Å². The quantitative estimate of drug-likeness (QED) is 0.231. The lowest BCUT2D eigenvalue weighted by atomic mass is 10.2. The van der Waals surface area contributed by atoms with Crippen molar-refractivity contribution in [1.29, 1.82) is 0 Å². The Morgan fingerprint density at radius 2 is 2.24 bits per heavy atom. The lowest BCUT2D eigenvalue weighted by Crippen LogP contribution is -2.13. The minimum atomic E-state index is 0.272. The molecule has 1 aromatic carbocycles. The van der Waals surface area contributed by atoms with Crippen molar-refractivity contribution in [1.82, 2.24) is 0 Å². The summed E-state index contributed by atoms with van der Waals surface area (Å²) in [5.74, 6) is 0.272. The number of oxime groups is 1. The molecule has 0 aliphatic rings. The zero-order chi connectivity index (χ0) is 12.7. The van der Waals surface area contributed by atoms with E-state index in [0.717, 1.165) is 24.3 Å². The molecule has 0 atom stereocenters. The van der Waals surface area contributed by atoms with Gasteiger partial charge < -0.3 is 21.2 Å². The van der Waals surface area contributed by atoms with Gasteiger partial charge in [-0.1, -0.05) is 11.2 Å². The smallest absolute Gasteiger partial charge is 0.139 e. The van der Waals surface area contributed by atoms with Crippen LogP contribution in [0.2, 0.25) is 0 Å². The molecule has 0 heterocycles. The number of nitrogens with one attached hydrogen (secondary N) is 1. The summed E-state index contributed by atoms with van der Waals surface area (Å²) in [5, 5.41) is 14.6. The Hall–Kier alpha value is -1.91. The molecule has 0 saturated carbocycles. The molecule has 0 amide bonds. The van der Waals surface area contributed by atoms with Crippen LogP contribution in [-0.4, -0.2) is 31.7 Å². The molecule has 5 nitrogen and oxygen atoms in total. The summed E-state index contributed by atoms with van der Waals surface area (Å²) >= 11 is 0. The molecule has 0 radical (unpaired) electrons. The Balaban J connectivity index is 2.39. The average Bonchev–Trinajstić information content (AvgIpc) is 2.34. The van der Waals surface area contributed by atoms with Gasteiger partial charge in [0.05, 0.1) is 0 Å². The number of anilines is 2. The zero-order valence-corrected chi connectivity index (χ0v) is 10.3. The van der Waals surface area contributed by atoms with E-state index in [-0.39, 0.29) is 5.84 Å². The molecule has 0 aromatic heterocycles. The number of nitrogens with zero attached hydrogens (tertiary/aromatic N) is 2. The molecule has 4 N–H and O–H groups in total. The molecule has 0 aliphatic carbocycles. The number of hydrogen-bond acceptors (Lipinski definition) is 4. The second kappa shape index (κ2) is 6.62. The van der Waals surface area contributed by atoms with Gasteiger partial charge in [-0.15, -0.1) is 0 Å². The largest absolute Gasteiger partial charge is 0.409 e. The van der Waals surface area contributed by atoms with Crippen LogP contribution in [-0.2, 0) is 0 Å². The summed E-state index contributed by atoms with van der Waals surface area (Å²) in [6.45, 7) is 0.799. The van der Waals surface area contributed by atoms with Crippen molar-refractivity contribution in [2.75, 3.05) is 30.9 Å². The van der Waals surface area contributed by atoms with E-state index in [0.29, 0.717) is 6.42 Å². The van der Waals surface area contributed by atoms with Crippen LogP contribution in [0.3, 0.4) is 0 Å². The van der Waals surface area contributed by atoms with Crippen LogP contribution < -0.4 is 16.0 Å². The predicted molar refractivity (Wildman–Crippen MR) is 71.9 cm³/mol. The van der Waals surface area contributed by atoms with Crippen LogP contribution in [0.25, 0.3) is 0 Å². The maximum absolute atomic E-state index is 8.39. The Morgan fingerprint density at radius 1 is 1.47 bits per heavy atom. The Bertz CT molecular complexity index is 377. The second-order valence-corrected chi connectivity index (χ2v) is 4.07. The third kappa shape index (κ3) is 4.63. The molecule has 94 valence electrons. The van der Waals surface area contributed by atoms with E-state index in [1.165, 1.54) is 0 Å². The molecule has 1 aromatic rings. The fourth-order valence-electron chi connectivity index (χ4n) is 1.45. The van der Waals surface area contributed by atoms with Crippen LogP contribution >= 0.6 is 0 Å². The molecule has 0 unspecified atom stereocenters. The van der Waals surface area contributed by atoms with Crippen molar-refractivity contribution >= 4 is 17.2 Å². The van der Waals surface area contributed by atoms with Gasteiger partial charge in [-0.3, -0.25) is 0 Å². The summed E-state index contributed by atoms with van der Waals surface area (Å²) in [4.78, 5) is 2.06. The molecular weight excluding hydrogens is 216 g/mol. The maximum atomic E-state index is 8.39. The van der Waals surface area contributed by atoms with Crippen molar-refractivity contribution in [2.24, 2.45) is 10.9 Å². The van der Waals surface area contributed by atoms with E-state index in [4.69, 9.17) is 10.9 Å². The number of amidine groups is 1. The van der Waals surface area contributed by atoms with Gasteiger partial charge in [-0.2, -0.15) is 0 Å². The van der Waals surface area contributed by atoms with Crippen LogP contribution in [0.5, 0.6) is 0 Å². The fraction of sp³-hybridized carbons (Fsp3) is 0.417. The Morgan fingerprint density at radius 3 is 2.88 bits per heavy atom. The van der Waals surface area contributed by atoms with Crippen molar-refractivity contribution < 1.29 is 5.21 Å². The number of hydrogen-bond donors (Lipinski definition) is 3. The van der Waals surface area contributed by atoms with Crippen molar-refractivity contribution in [3.8, 4) is 0 Å². The molecule has 0 fully saturated rings. The monoisotopic (exact) mass is 236 g/mol. The minimum absolute atomic E-state index is 0.272. The lowest BCUT2D eigenvalue weighted by molar-refractivity contribution is 0.316. The van der Waals surface area contributed by atoms with E-state index in [2.05, 4.69) is 27.5 Å². The average molecular weight is 236 g/mol. The number of rotatable bonds is 6. The molecular formula is C12H20N4O. The topological polar surface area (TPSA) is 73.9 Å². The highest BCUT2D eigenvalue weighted by atomic mass is 16.4. The van der Waals surface area contributed by atoms with Crippen LogP contribution in [0.1, 0.15) is 12.8 Å². The summed E-state index contributed by atoms with van der Waals surface area (Å²) in [7, 11) is 4.02. The lowest BCUT2D eigenvalue weighted by Gasteiger charge is -2.14. The van der Waals surface area contributed by atoms with E-state index in [9.17, 15) is 0 Å². The van der Waals surface area contributed by atoms with Gasteiger partial charge in [-0.05, 0) is 24.6 Å². The van der Waals surface area contributed by atoms with Gasteiger partial charge >= 0.3 is 0 Å². The summed E-state index contributed by atoms with van der Waals surface area (Å²) < 4.78 is 0. The first-order valence-electron chi connectivity index (χ1n) is 5.61. The van der Waals surface area contributed by atoms with E-state index in [1.54, 1.807) is 0 Å². The summed E-state index contributed by atoms with van der Waals surface area (Å²) in [5.41, 5.74) is 7.62. The molecule has 0 aliphatic heterocycles. The molecule has 0 saturated heterocycles. The van der Waals surface area contributed by atoms with Crippen molar-refractivity contribution in [2.45, 2.75) is 12.8 Å². The van der Waals surface area contributed by atoms with E-state index in [1.807, 2.05) is 26.2 Å². The zero-order valence-electron chi connectivity index (χ0n) is 10.3. The highest BCUT2D eigenvalue weighted by Gasteiger charge is 1.98. The Kier molecular flexibility index (Phi) is 5.13. The van der Waals surface area contributed by atoms with Crippen molar-refractivity contribution in [3.05, 3.63) is 24.3 Å². The third-order valence-corrected chi connectivity index (χ3v) is 2.43. The highest BCUT2D eigenvalue weighted by Crippen LogP contribution is 2.17. The van der Waals surface area contributed by atoms with Gasteiger partial charge in [-0.25, -0.2) is 0 Å². The second-order valence-electron chi connectivity index (χ2n) is 4.07. The Labute approximate surface area is 102 Å². The summed E-state index contributed by atoms with van der Waals surface area (Å²) in [6, 6.07) is 8.18. The first-order valence-corrected chi connectivity index (χ1v) is 5.61. The third-order valence-electron chi connectivity index (χ3n) is 2.43. The fourth-order valence-corrected chi connectivity index (χ4v) is 1.45. The first kappa shape index (κ1) is 13.2. The normalized spacial score (nSPS) is 11.3. The molecule has 0 spiro atoms. The van der Waals surface area contributed by atoms with Crippen LogP contribution in [0, 0.1) is 0 Å². The van der Waals surface area contributed by atoms with Crippen molar-refractivity contribution in [3.63, 3.8) is 0 Å². The van der Waals surface area contributed by atoms with Gasteiger partial charge in [0, 0.05) is 38.4 Å². The highest BCUT2D eigenvalue weighted by molar-refractivity contribution is 5.79. The van der Waals surface area contributed by atoms with Gasteiger partial charge in [0.25, 0.3) is 0 Å². The van der Waals surface area contributed by atoms with Crippen LogP contribution in [0.4, 0.5) is 11.4 Å². The maximum Gasteiger partial charge on any atom is 0.139 e. The first-order chi connectivity index (χ1) is 8.13. The minimum Gasteiger partial charge on any atom is -0.409 e. The molecule has 5 heteroatoms. The van der Waals surface area contributed by atoms with E-state index < -0.39 is 0 Å². The van der Waals surface area contributed by atoms with Gasteiger partial charge in [0.1, 0.15) is 5.84 Å². The molecule has 0 bridgehead atoms. The van der Waals surface area contributed by atoms with E-state index >= 15 is 0 Å².